The van der Waals surface area contributed by atoms with E-state index in [2.05, 4.69) is 118 Å². The number of rotatable bonds is 13. The Bertz CT molecular complexity index is 1190. The van der Waals surface area contributed by atoms with E-state index < -0.39 is 0 Å². The van der Waals surface area contributed by atoms with Crippen molar-refractivity contribution in [1.29, 1.82) is 0 Å². The number of amides is 1. The number of allylic oxidation sites excluding steroid dienone is 1. The van der Waals surface area contributed by atoms with Crippen molar-refractivity contribution in [2.75, 3.05) is 32.0 Å². The number of hydrogen-bond acceptors (Lipinski definition) is 4. The third-order valence-corrected chi connectivity index (χ3v) is 9.38. The summed E-state index contributed by atoms with van der Waals surface area (Å²) in [6.07, 6.45) is 17.1. The lowest BCUT2D eigenvalue weighted by Crippen LogP contribution is -2.35. The van der Waals surface area contributed by atoms with Gasteiger partial charge in [-0.3, -0.25) is 9.69 Å². The Morgan fingerprint density at radius 1 is 1.07 bits per heavy atom. The van der Waals surface area contributed by atoms with Crippen LogP contribution in [-0.4, -0.2) is 49.3 Å². The number of unbranched alkanes of at least 4 members (excludes halogenated alkanes) is 1. The van der Waals surface area contributed by atoms with Crippen LogP contribution in [0.4, 0.5) is 0 Å². The van der Waals surface area contributed by atoms with Crippen LogP contribution in [0.25, 0.3) is 0 Å². The Kier molecular flexibility index (Phi) is 19.8. The number of nitrogens with one attached hydrogen (secondary N) is 1. The lowest BCUT2D eigenvalue weighted by molar-refractivity contribution is -0.109. The average molecular weight is 649 g/mol. The second-order valence-corrected chi connectivity index (χ2v) is 13.1. The molecule has 2 aromatic carbocycles. The van der Waals surface area contributed by atoms with Gasteiger partial charge in [-0.2, -0.15) is 12.6 Å². The highest BCUT2D eigenvalue weighted by Crippen LogP contribution is 2.41. The predicted molar refractivity (Wildman–Crippen MR) is 203 cm³/mol. The zero-order valence-electron chi connectivity index (χ0n) is 30.1. The summed E-state index contributed by atoms with van der Waals surface area (Å²) in [4.78, 5) is 12.3. The van der Waals surface area contributed by atoms with E-state index in [9.17, 15) is 4.79 Å². The lowest BCUT2D eigenvalue weighted by atomic mass is 9.83. The molecule has 1 N–H and O–H groups in total. The highest BCUT2D eigenvalue weighted by atomic mass is 32.1. The molecule has 256 valence electrons. The van der Waals surface area contributed by atoms with Crippen LogP contribution in [0.15, 0.2) is 66.3 Å². The number of fused-ring (bicyclic) bond motifs is 1. The molecule has 3 atom stereocenters. The highest BCUT2D eigenvalue weighted by molar-refractivity contribution is 7.80. The van der Waals surface area contributed by atoms with Crippen molar-refractivity contribution in [1.82, 2.24) is 10.2 Å². The van der Waals surface area contributed by atoms with E-state index in [0.717, 1.165) is 82.2 Å². The average Bonchev–Trinajstić information content (AvgIpc) is 3.61. The van der Waals surface area contributed by atoms with Crippen LogP contribution in [0.3, 0.4) is 0 Å². The first kappa shape index (κ1) is 39.7. The van der Waals surface area contributed by atoms with Crippen LogP contribution in [-0.2, 0) is 24.1 Å². The maximum Gasteiger partial charge on any atom is 0.207 e. The number of benzene rings is 2. The van der Waals surface area contributed by atoms with Crippen LogP contribution < -0.4 is 10.1 Å². The van der Waals surface area contributed by atoms with Crippen LogP contribution in [0.5, 0.6) is 5.75 Å². The van der Waals surface area contributed by atoms with Crippen molar-refractivity contribution in [2.24, 2.45) is 11.8 Å². The van der Waals surface area contributed by atoms with Gasteiger partial charge in [0, 0.05) is 43.8 Å². The minimum atomic E-state index is 0.525. The molecule has 2 unspecified atom stereocenters. The number of thiol groups is 1. The Morgan fingerprint density at radius 3 is 2.39 bits per heavy atom. The maximum atomic E-state index is 9.57. The molecule has 1 saturated carbocycles. The minimum absolute atomic E-state index is 0.525. The number of likely N-dealkylation sites (tertiary alicyclic amines) is 1. The molecule has 46 heavy (non-hydrogen) atoms. The molecule has 0 aromatic heterocycles. The number of aryl methyl sites for hydroxylation is 1. The quantitative estimate of drug-likeness (QED) is 0.0984. The van der Waals surface area contributed by atoms with E-state index in [-0.39, 0.29) is 0 Å². The third kappa shape index (κ3) is 13.3. The summed E-state index contributed by atoms with van der Waals surface area (Å²) in [6, 6.07) is 16.5. The van der Waals surface area contributed by atoms with Gasteiger partial charge in [-0.15, -0.1) is 0 Å². The van der Waals surface area contributed by atoms with Gasteiger partial charge in [0.2, 0.25) is 6.41 Å². The summed E-state index contributed by atoms with van der Waals surface area (Å²) < 4.78 is 5.77. The smallest absolute Gasteiger partial charge is 0.207 e. The summed E-state index contributed by atoms with van der Waals surface area (Å²) in [5.74, 6) is 4.08. The van der Waals surface area contributed by atoms with Crippen molar-refractivity contribution in [3.05, 3.63) is 88.5 Å². The fraction of sp³-hybridized carbons (Fsp3) is 0.585. The molecule has 2 aromatic rings. The first-order chi connectivity index (χ1) is 22.4. The monoisotopic (exact) mass is 648 g/mol. The van der Waals surface area contributed by atoms with Gasteiger partial charge < -0.3 is 10.1 Å². The molecule has 2 heterocycles. The van der Waals surface area contributed by atoms with Gasteiger partial charge in [0.1, 0.15) is 5.75 Å². The Hall–Kier alpha value is -2.50. The molecule has 3 aliphatic rings. The fourth-order valence-corrected chi connectivity index (χ4v) is 6.28. The van der Waals surface area contributed by atoms with Gasteiger partial charge in [-0.05, 0) is 71.9 Å². The van der Waals surface area contributed by atoms with Crippen molar-refractivity contribution in [3.63, 3.8) is 0 Å². The van der Waals surface area contributed by atoms with Crippen LogP contribution in [0.1, 0.15) is 109 Å². The largest absolute Gasteiger partial charge is 0.493 e. The van der Waals surface area contributed by atoms with E-state index in [1.165, 1.54) is 47.1 Å². The van der Waals surface area contributed by atoms with E-state index >= 15 is 0 Å². The van der Waals surface area contributed by atoms with Crippen molar-refractivity contribution in [3.8, 4) is 5.75 Å². The van der Waals surface area contributed by atoms with Gasteiger partial charge in [-0.1, -0.05) is 122 Å². The number of ether oxygens (including phenoxy) is 1. The normalized spacial score (nSPS) is 20.3. The van der Waals surface area contributed by atoms with E-state index in [1.54, 1.807) is 0 Å². The molecule has 5 heteroatoms. The molecule has 4 nitrogen and oxygen atoms in total. The molecule has 0 spiro atoms. The summed E-state index contributed by atoms with van der Waals surface area (Å²) >= 11 is 4.37. The van der Waals surface area contributed by atoms with E-state index in [4.69, 9.17) is 4.74 Å². The van der Waals surface area contributed by atoms with Gasteiger partial charge in [0.05, 0.1) is 6.61 Å². The summed E-state index contributed by atoms with van der Waals surface area (Å²) in [5, 5.41) is 2.57. The molecule has 0 bridgehead atoms. The van der Waals surface area contributed by atoms with Crippen molar-refractivity contribution in [2.45, 2.75) is 112 Å². The maximum absolute atomic E-state index is 9.57. The van der Waals surface area contributed by atoms with E-state index in [0.29, 0.717) is 17.9 Å². The third-order valence-electron chi connectivity index (χ3n) is 9.17. The molecule has 2 fully saturated rings. The lowest BCUT2D eigenvalue weighted by Gasteiger charge is -2.28. The number of carbonyl (C=O) groups is 1. The molecule has 1 aliphatic carbocycles. The number of hydrogen-bond donors (Lipinski definition) is 2. The molecule has 0 radical (unpaired) electrons. The van der Waals surface area contributed by atoms with Crippen LogP contribution in [0.2, 0.25) is 0 Å². The summed E-state index contributed by atoms with van der Waals surface area (Å²) in [7, 11) is 0. The van der Waals surface area contributed by atoms with Crippen LogP contribution >= 0.6 is 12.6 Å². The van der Waals surface area contributed by atoms with Crippen molar-refractivity contribution < 1.29 is 9.53 Å². The minimum Gasteiger partial charge on any atom is -0.493 e. The molecule has 1 saturated heterocycles. The first-order valence-electron chi connectivity index (χ1n) is 18.1. The van der Waals surface area contributed by atoms with Gasteiger partial charge >= 0.3 is 0 Å². The van der Waals surface area contributed by atoms with Gasteiger partial charge in [0.15, 0.2) is 0 Å². The van der Waals surface area contributed by atoms with Crippen LogP contribution in [0, 0.1) is 11.8 Å². The molecule has 2 aliphatic heterocycles. The molecule has 5 rings (SSSR count). The predicted octanol–water partition coefficient (Wildman–Crippen LogP) is 9.63. The molecular formula is C41H64N2O2S. The SMILES string of the molecule is C/C=C(\C=C/CS)CN1CC(c2ccc3c(c2)CCO3)[C@@H](C)C1Cc1ccccc1CCC.CC.CC1CC1.CCCCNC=O. The highest BCUT2D eigenvalue weighted by Gasteiger charge is 2.40. The Labute approximate surface area is 287 Å². The zero-order valence-corrected chi connectivity index (χ0v) is 31.0. The molecular weight excluding hydrogens is 585 g/mol. The molecule has 1 amide bonds. The topological polar surface area (TPSA) is 41.6 Å². The van der Waals surface area contributed by atoms with Crippen molar-refractivity contribution >= 4 is 19.0 Å². The zero-order chi connectivity index (χ0) is 33.7. The number of carbonyl (C=O) groups excluding carboxylic acids is 1. The second kappa shape index (κ2) is 22.9. The van der Waals surface area contributed by atoms with Gasteiger partial charge in [0.25, 0.3) is 0 Å². The first-order valence-corrected chi connectivity index (χ1v) is 18.7. The van der Waals surface area contributed by atoms with Gasteiger partial charge in [-0.25, -0.2) is 0 Å². The summed E-state index contributed by atoms with van der Waals surface area (Å²) in [6.45, 7) is 19.0. The Balaban J connectivity index is 0.000000476. The Morgan fingerprint density at radius 2 is 1.78 bits per heavy atom. The summed E-state index contributed by atoms with van der Waals surface area (Å²) in [5.41, 5.74) is 7.29. The number of nitrogens with zero attached hydrogens (tertiary/aromatic N) is 1. The van der Waals surface area contributed by atoms with E-state index in [1.807, 2.05) is 13.8 Å². The second-order valence-electron chi connectivity index (χ2n) is 12.7. The fourth-order valence-electron chi connectivity index (χ4n) is 6.18. The standard InChI is InChI=1S/C30H39NOS.C5H11NO.C4H8.C2H6/c1-4-9-24-11-6-7-12-25(24)19-29-22(3)28(21-31(29)20-23(5-2)10-8-17-33)26-13-14-30-27(18-26)15-16-32-30;1-2-3-4-6-5-7;1-4-2-3-4;1-2/h5-8,10-14,18,22,28-29,33H,4,9,15-17,19-21H2,1-3H3;5H,2-4H2,1H3,(H,6,7);4H,2-3H2,1H3;1-2H3/b10-8-,23-5+;;;/t22-,28?,29?;;;/m1.../s1.